The first kappa shape index (κ1) is 19.0. The molecule has 1 aromatic heterocycles. The molecule has 0 amide bonds. The minimum absolute atomic E-state index is 0.00539. The van der Waals surface area contributed by atoms with Crippen LogP contribution in [0.1, 0.15) is 0 Å². The number of benzene rings is 3. The third-order valence-electron chi connectivity index (χ3n) is 4.47. The van der Waals surface area contributed by atoms with Crippen molar-refractivity contribution in [1.29, 1.82) is 0 Å². The molecule has 150 valence electrons. The van der Waals surface area contributed by atoms with E-state index >= 15 is 0 Å². The Bertz CT molecular complexity index is 1120. The maximum absolute atomic E-state index is 10.3. The lowest BCUT2D eigenvalue weighted by Crippen LogP contribution is -2.01. The highest BCUT2D eigenvalue weighted by molar-refractivity contribution is 5.77. The second kappa shape index (κ2) is 7.59. The van der Waals surface area contributed by atoms with Crippen molar-refractivity contribution in [3.05, 3.63) is 60.7 Å². The first-order chi connectivity index (χ1) is 14.5. The number of phenols is 4. The van der Waals surface area contributed by atoms with E-state index in [1.807, 2.05) is 0 Å². The van der Waals surface area contributed by atoms with Gasteiger partial charge in [0.25, 0.3) is 0 Å². The van der Waals surface area contributed by atoms with E-state index in [0.717, 1.165) is 0 Å². The Morgan fingerprint density at radius 1 is 0.567 bits per heavy atom. The Morgan fingerprint density at radius 2 is 0.967 bits per heavy atom. The van der Waals surface area contributed by atoms with Crippen molar-refractivity contribution in [2.45, 2.75) is 0 Å². The topological polar surface area (TPSA) is 129 Å². The molecular weight excluding hydrogens is 386 g/mol. The molecule has 0 saturated carbocycles. The average Bonchev–Trinajstić information content (AvgIpc) is 2.73. The summed E-state index contributed by atoms with van der Waals surface area (Å²) >= 11 is 0. The van der Waals surface area contributed by atoms with E-state index in [1.165, 1.54) is 36.4 Å². The van der Waals surface area contributed by atoms with Crippen molar-refractivity contribution in [2.75, 3.05) is 7.11 Å². The van der Waals surface area contributed by atoms with Crippen molar-refractivity contribution in [1.82, 2.24) is 15.0 Å². The SMILES string of the molecule is COc1ccc(-c2nc(-c3c(O)cccc3O)nc(-c3c(O)cccc3O)n2)cc1. The molecule has 0 aliphatic heterocycles. The van der Waals surface area contributed by atoms with Crippen LogP contribution in [0.3, 0.4) is 0 Å². The summed E-state index contributed by atoms with van der Waals surface area (Å²) in [5.41, 5.74) is 0.613. The van der Waals surface area contributed by atoms with Gasteiger partial charge in [-0.15, -0.1) is 0 Å². The van der Waals surface area contributed by atoms with Gasteiger partial charge in [0.05, 0.1) is 7.11 Å². The van der Waals surface area contributed by atoms with Crippen LogP contribution in [0.5, 0.6) is 28.7 Å². The lowest BCUT2D eigenvalue weighted by molar-refractivity contribution is 0.415. The van der Waals surface area contributed by atoms with E-state index in [4.69, 9.17) is 4.74 Å². The molecule has 0 radical (unpaired) electrons. The van der Waals surface area contributed by atoms with Crippen molar-refractivity contribution in [3.63, 3.8) is 0 Å². The molecule has 8 nitrogen and oxygen atoms in total. The van der Waals surface area contributed by atoms with Crippen LogP contribution in [0.15, 0.2) is 60.7 Å². The lowest BCUT2D eigenvalue weighted by Gasteiger charge is -2.12. The summed E-state index contributed by atoms with van der Waals surface area (Å²) in [6.45, 7) is 0. The Balaban J connectivity index is 1.99. The molecule has 4 aromatic rings. The molecule has 0 fully saturated rings. The van der Waals surface area contributed by atoms with Gasteiger partial charge in [0, 0.05) is 5.56 Å². The van der Waals surface area contributed by atoms with Crippen molar-refractivity contribution < 1.29 is 25.2 Å². The predicted octanol–water partition coefficient (Wildman–Crippen LogP) is 3.70. The Kier molecular flexibility index (Phi) is 4.81. The Hall–Kier alpha value is -4.33. The van der Waals surface area contributed by atoms with E-state index in [-0.39, 0.29) is 51.6 Å². The molecule has 0 atom stereocenters. The fourth-order valence-electron chi connectivity index (χ4n) is 2.98. The normalized spacial score (nSPS) is 10.7. The molecule has 0 aliphatic rings. The van der Waals surface area contributed by atoms with Gasteiger partial charge >= 0.3 is 0 Å². The average molecular weight is 403 g/mol. The molecule has 0 unspecified atom stereocenters. The number of nitrogens with zero attached hydrogens (tertiary/aromatic N) is 3. The van der Waals surface area contributed by atoms with Crippen LogP contribution in [0.25, 0.3) is 34.2 Å². The summed E-state index contributed by atoms with van der Waals surface area (Å²) in [5.74, 6) is -0.103. The minimum Gasteiger partial charge on any atom is -0.507 e. The van der Waals surface area contributed by atoms with Gasteiger partial charge in [-0.25, -0.2) is 15.0 Å². The summed E-state index contributed by atoms with van der Waals surface area (Å²) in [6.07, 6.45) is 0. The summed E-state index contributed by atoms with van der Waals surface area (Å²) in [4.78, 5) is 13.1. The zero-order valence-electron chi connectivity index (χ0n) is 15.8. The van der Waals surface area contributed by atoms with Gasteiger partial charge in [-0.3, -0.25) is 0 Å². The number of hydrogen-bond donors (Lipinski definition) is 4. The monoisotopic (exact) mass is 403 g/mol. The summed E-state index contributed by atoms with van der Waals surface area (Å²) in [5, 5.41) is 41.1. The highest BCUT2D eigenvalue weighted by Gasteiger charge is 2.20. The van der Waals surface area contributed by atoms with Gasteiger partial charge in [-0.2, -0.15) is 0 Å². The maximum atomic E-state index is 10.3. The van der Waals surface area contributed by atoms with Gasteiger partial charge in [0.2, 0.25) is 0 Å². The van der Waals surface area contributed by atoms with Crippen molar-refractivity contribution in [2.24, 2.45) is 0 Å². The van der Waals surface area contributed by atoms with Gasteiger partial charge in [-0.1, -0.05) is 12.1 Å². The summed E-state index contributed by atoms with van der Waals surface area (Å²) < 4.78 is 5.17. The smallest absolute Gasteiger partial charge is 0.171 e. The molecule has 3 aromatic carbocycles. The van der Waals surface area contributed by atoms with E-state index in [0.29, 0.717) is 11.3 Å². The Labute approximate surface area is 171 Å². The molecular formula is C22H17N3O5. The van der Waals surface area contributed by atoms with E-state index in [2.05, 4.69) is 15.0 Å². The molecule has 0 aliphatic carbocycles. The highest BCUT2D eigenvalue weighted by atomic mass is 16.5. The lowest BCUT2D eigenvalue weighted by atomic mass is 10.1. The largest absolute Gasteiger partial charge is 0.507 e. The Morgan fingerprint density at radius 3 is 1.37 bits per heavy atom. The van der Waals surface area contributed by atoms with Crippen molar-refractivity contribution in [3.8, 4) is 62.9 Å². The first-order valence-electron chi connectivity index (χ1n) is 8.91. The summed E-state index contributed by atoms with van der Waals surface area (Å²) in [6, 6.07) is 15.5. The molecule has 4 N–H and O–H groups in total. The zero-order valence-corrected chi connectivity index (χ0v) is 15.8. The van der Waals surface area contributed by atoms with Crippen LogP contribution in [-0.2, 0) is 0 Å². The predicted molar refractivity (Wildman–Crippen MR) is 109 cm³/mol. The standard InChI is InChI=1S/C22H17N3O5/c1-30-13-10-8-12(9-11-13)20-23-21(18-14(26)4-2-5-15(18)27)25-22(24-20)19-16(28)6-3-7-17(19)29/h2-11,26-29H,1H3. The van der Waals surface area contributed by atoms with Crippen LogP contribution >= 0.6 is 0 Å². The fraction of sp³-hybridized carbons (Fsp3) is 0.0455. The highest BCUT2D eigenvalue weighted by Crippen LogP contribution is 2.39. The first-order valence-corrected chi connectivity index (χ1v) is 8.91. The number of aromatic nitrogens is 3. The molecule has 8 heteroatoms. The van der Waals surface area contributed by atoms with Gasteiger partial charge < -0.3 is 25.2 Å². The number of rotatable bonds is 4. The van der Waals surface area contributed by atoms with E-state index in [9.17, 15) is 20.4 Å². The van der Waals surface area contributed by atoms with Gasteiger partial charge in [-0.05, 0) is 48.5 Å². The van der Waals surface area contributed by atoms with Gasteiger partial charge in [0.15, 0.2) is 17.5 Å². The van der Waals surface area contributed by atoms with Crippen LogP contribution in [0.2, 0.25) is 0 Å². The quantitative estimate of drug-likeness (QED) is 0.406. The fourth-order valence-corrected chi connectivity index (χ4v) is 2.98. The second-order valence-electron chi connectivity index (χ2n) is 6.38. The third kappa shape index (κ3) is 3.42. The third-order valence-corrected chi connectivity index (χ3v) is 4.47. The van der Waals surface area contributed by atoms with Crippen LogP contribution in [0, 0.1) is 0 Å². The van der Waals surface area contributed by atoms with Gasteiger partial charge in [0.1, 0.15) is 39.9 Å². The number of hydrogen-bond acceptors (Lipinski definition) is 8. The number of ether oxygens (including phenoxy) is 1. The number of phenolic OH excluding ortho intramolecular Hbond substituents is 4. The molecule has 1 heterocycles. The van der Waals surface area contributed by atoms with Crippen LogP contribution < -0.4 is 4.74 Å². The second-order valence-corrected chi connectivity index (χ2v) is 6.38. The zero-order chi connectivity index (χ0) is 21.3. The molecule has 4 rings (SSSR count). The molecule has 0 bridgehead atoms. The molecule has 0 saturated heterocycles. The number of aromatic hydroxyl groups is 4. The van der Waals surface area contributed by atoms with Crippen molar-refractivity contribution >= 4 is 0 Å². The minimum atomic E-state index is -0.227. The van der Waals surface area contributed by atoms with E-state index < -0.39 is 0 Å². The maximum Gasteiger partial charge on any atom is 0.171 e. The summed E-state index contributed by atoms with van der Waals surface area (Å²) in [7, 11) is 1.55. The number of methoxy groups -OCH3 is 1. The van der Waals surface area contributed by atoms with Crippen LogP contribution in [0.4, 0.5) is 0 Å². The molecule has 0 spiro atoms. The molecule has 30 heavy (non-hydrogen) atoms. The van der Waals surface area contributed by atoms with E-state index in [1.54, 1.807) is 31.4 Å². The van der Waals surface area contributed by atoms with Crippen LogP contribution in [-0.4, -0.2) is 42.5 Å².